The molecule has 0 spiro atoms. The molecule has 1 aromatic rings. The first-order chi connectivity index (χ1) is 7.72. The van der Waals surface area contributed by atoms with Gasteiger partial charge in [0.25, 0.3) is 0 Å². The van der Waals surface area contributed by atoms with Gasteiger partial charge in [-0.15, -0.1) is 0 Å². The Bertz CT molecular complexity index is 290. The second-order valence-corrected chi connectivity index (χ2v) is 4.13. The van der Waals surface area contributed by atoms with Gasteiger partial charge < -0.3 is 10.1 Å². The van der Waals surface area contributed by atoms with E-state index in [1.165, 1.54) is 11.1 Å². The van der Waals surface area contributed by atoms with E-state index in [1.54, 1.807) is 7.11 Å². The SMILES string of the molecule is CCNC(c1ccc(C)cc1)C(CC)OC. The number of ether oxygens (including phenoxy) is 1. The highest BCUT2D eigenvalue weighted by Gasteiger charge is 2.20. The van der Waals surface area contributed by atoms with Gasteiger partial charge in [0.15, 0.2) is 0 Å². The Morgan fingerprint density at radius 3 is 2.25 bits per heavy atom. The summed E-state index contributed by atoms with van der Waals surface area (Å²) in [7, 11) is 1.78. The minimum atomic E-state index is 0.239. The summed E-state index contributed by atoms with van der Waals surface area (Å²) in [5, 5.41) is 3.50. The van der Waals surface area contributed by atoms with Crippen LogP contribution in [0.4, 0.5) is 0 Å². The van der Waals surface area contributed by atoms with Gasteiger partial charge in [0.05, 0.1) is 12.1 Å². The van der Waals surface area contributed by atoms with Gasteiger partial charge in [0.2, 0.25) is 0 Å². The minimum Gasteiger partial charge on any atom is -0.379 e. The number of hydrogen-bond acceptors (Lipinski definition) is 2. The van der Waals surface area contributed by atoms with E-state index in [0.29, 0.717) is 6.04 Å². The molecule has 1 rings (SSSR count). The lowest BCUT2D eigenvalue weighted by atomic mass is 9.98. The number of benzene rings is 1. The van der Waals surface area contributed by atoms with Gasteiger partial charge in [-0.25, -0.2) is 0 Å². The molecule has 0 radical (unpaired) electrons. The molecule has 0 aromatic heterocycles. The molecule has 0 fully saturated rings. The van der Waals surface area contributed by atoms with Crippen LogP contribution >= 0.6 is 0 Å². The zero-order chi connectivity index (χ0) is 12.0. The molecule has 0 aliphatic carbocycles. The Kier molecular flexibility index (Phi) is 5.50. The maximum absolute atomic E-state index is 5.54. The van der Waals surface area contributed by atoms with Crippen LogP contribution in [0.5, 0.6) is 0 Å². The number of rotatable bonds is 6. The van der Waals surface area contributed by atoms with Gasteiger partial charge in [-0.05, 0) is 25.5 Å². The normalized spacial score (nSPS) is 14.8. The van der Waals surface area contributed by atoms with E-state index >= 15 is 0 Å². The van der Waals surface area contributed by atoms with Crippen molar-refractivity contribution < 1.29 is 4.74 Å². The fourth-order valence-electron chi connectivity index (χ4n) is 2.00. The first kappa shape index (κ1) is 13.2. The Balaban J connectivity index is 2.87. The van der Waals surface area contributed by atoms with Crippen molar-refractivity contribution in [2.24, 2.45) is 0 Å². The molecule has 0 amide bonds. The van der Waals surface area contributed by atoms with Crippen LogP contribution in [0.15, 0.2) is 24.3 Å². The molecular weight excluding hydrogens is 198 g/mol. The Hall–Kier alpha value is -0.860. The standard InChI is InChI=1S/C14H23NO/c1-5-13(16-4)14(15-6-2)12-9-7-11(3)8-10-12/h7-10,13-15H,5-6H2,1-4H3. The largest absolute Gasteiger partial charge is 0.379 e. The third-order valence-corrected chi connectivity index (χ3v) is 2.94. The molecule has 1 aromatic carbocycles. The summed E-state index contributed by atoms with van der Waals surface area (Å²) in [6.45, 7) is 7.36. The average molecular weight is 221 g/mol. The number of hydrogen-bond donors (Lipinski definition) is 1. The van der Waals surface area contributed by atoms with Crippen molar-refractivity contribution in [2.45, 2.75) is 39.3 Å². The molecule has 0 saturated heterocycles. The van der Waals surface area contributed by atoms with Gasteiger partial charge >= 0.3 is 0 Å². The lowest BCUT2D eigenvalue weighted by molar-refractivity contribution is 0.0656. The highest BCUT2D eigenvalue weighted by atomic mass is 16.5. The van der Waals surface area contributed by atoms with E-state index in [0.717, 1.165) is 13.0 Å². The molecule has 0 bridgehead atoms. The fraction of sp³-hybridized carbons (Fsp3) is 0.571. The van der Waals surface area contributed by atoms with Crippen LogP contribution in [0, 0.1) is 6.92 Å². The van der Waals surface area contributed by atoms with Crippen molar-refractivity contribution in [3.8, 4) is 0 Å². The van der Waals surface area contributed by atoms with E-state index in [-0.39, 0.29) is 6.10 Å². The molecule has 2 nitrogen and oxygen atoms in total. The van der Waals surface area contributed by atoms with Gasteiger partial charge in [0.1, 0.15) is 0 Å². The minimum absolute atomic E-state index is 0.239. The molecule has 0 aliphatic heterocycles. The number of nitrogens with one attached hydrogen (secondary N) is 1. The highest BCUT2D eigenvalue weighted by Crippen LogP contribution is 2.21. The maximum Gasteiger partial charge on any atom is 0.0763 e. The van der Waals surface area contributed by atoms with Crippen LogP contribution in [0.1, 0.15) is 37.4 Å². The summed E-state index contributed by atoms with van der Waals surface area (Å²) in [6.07, 6.45) is 1.25. The van der Waals surface area contributed by atoms with E-state index in [2.05, 4.69) is 50.4 Å². The van der Waals surface area contributed by atoms with Crippen LogP contribution in [0.2, 0.25) is 0 Å². The Labute approximate surface area is 99.0 Å². The first-order valence-electron chi connectivity index (χ1n) is 6.05. The van der Waals surface area contributed by atoms with Crippen molar-refractivity contribution in [3.63, 3.8) is 0 Å². The van der Waals surface area contributed by atoms with E-state index < -0.39 is 0 Å². The zero-order valence-electron chi connectivity index (χ0n) is 10.8. The Morgan fingerprint density at radius 2 is 1.81 bits per heavy atom. The lowest BCUT2D eigenvalue weighted by Gasteiger charge is -2.26. The summed E-state index contributed by atoms with van der Waals surface area (Å²) < 4.78 is 5.54. The summed E-state index contributed by atoms with van der Waals surface area (Å²) in [6, 6.07) is 8.97. The summed E-state index contributed by atoms with van der Waals surface area (Å²) >= 11 is 0. The molecule has 16 heavy (non-hydrogen) atoms. The number of likely N-dealkylation sites (N-methyl/N-ethyl adjacent to an activating group) is 1. The van der Waals surface area contributed by atoms with Gasteiger partial charge in [-0.2, -0.15) is 0 Å². The molecule has 2 heteroatoms. The van der Waals surface area contributed by atoms with Crippen LogP contribution in [-0.2, 0) is 4.74 Å². The summed E-state index contributed by atoms with van der Waals surface area (Å²) in [5.41, 5.74) is 2.60. The predicted octanol–water partition coefficient (Wildman–Crippen LogP) is 3.07. The van der Waals surface area contributed by atoms with E-state index in [4.69, 9.17) is 4.74 Å². The zero-order valence-corrected chi connectivity index (χ0v) is 10.8. The predicted molar refractivity (Wildman–Crippen MR) is 68.7 cm³/mol. The monoisotopic (exact) mass is 221 g/mol. The smallest absolute Gasteiger partial charge is 0.0763 e. The van der Waals surface area contributed by atoms with Crippen molar-refractivity contribution >= 4 is 0 Å². The third-order valence-electron chi connectivity index (χ3n) is 2.94. The topological polar surface area (TPSA) is 21.3 Å². The number of methoxy groups -OCH3 is 1. The molecule has 1 N–H and O–H groups in total. The molecular formula is C14H23NO. The van der Waals surface area contributed by atoms with Gasteiger partial charge in [-0.3, -0.25) is 0 Å². The van der Waals surface area contributed by atoms with Gasteiger partial charge in [-0.1, -0.05) is 43.7 Å². The number of aryl methyl sites for hydroxylation is 1. The summed E-state index contributed by atoms with van der Waals surface area (Å²) in [5.74, 6) is 0. The van der Waals surface area contributed by atoms with Crippen molar-refractivity contribution in [1.82, 2.24) is 5.32 Å². The second kappa shape index (κ2) is 6.66. The van der Waals surface area contributed by atoms with Crippen molar-refractivity contribution in [2.75, 3.05) is 13.7 Å². The Morgan fingerprint density at radius 1 is 1.19 bits per heavy atom. The molecule has 2 atom stereocenters. The third kappa shape index (κ3) is 3.32. The lowest BCUT2D eigenvalue weighted by Crippen LogP contribution is -2.32. The van der Waals surface area contributed by atoms with Crippen LogP contribution in [0.3, 0.4) is 0 Å². The highest BCUT2D eigenvalue weighted by molar-refractivity contribution is 5.25. The van der Waals surface area contributed by atoms with Crippen LogP contribution in [-0.4, -0.2) is 19.8 Å². The van der Waals surface area contributed by atoms with Gasteiger partial charge in [0, 0.05) is 7.11 Å². The van der Waals surface area contributed by atoms with E-state index in [9.17, 15) is 0 Å². The molecule has 2 unspecified atom stereocenters. The quantitative estimate of drug-likeness (QED) is 0.797. The van der Waals surface area contributed by atoms with Crippen molar-refractivity contribution in [1.29, 1.82) is 0 Å². The van der Waals surface area contributed by atoms with Crippen LogP contribution < -0.4 is 5.32 Å². The van der Waals surface area contributed by atoms with Crippen molar-refractivity contribution in [3.05, 3.63) is 35.4 Å². The second-order valence-electron chi connectivity index (χ2n) is 4.13. The fourth-order valence-corrected chi connectivity index (χ4v) is 2.00. The van der Waals surface area contributed by atoms with E-state index in [1.807, 2.05) is 0 Å². The molecule has 0 heterocycles. The maximum atomic E-state index is 5.54. The molecule has 0 saturated carbocycles. The molecule has 90 valence electrons. The molecule has 0 aliphatic rings. The first-order valence-corrected chi connectivity index (χ1v) is 6.05. The average Bonchev–Trinajstić information content (AvgIpc) is 2.31. The van der Waals surface area contributed by atoms with Crippen LogP contribution in [0.25, 0.3) is 0 Å². The summed E-state index contributed by atoms with van der Waals surface area (Å²) in [4.78, 5) is 0.